The van der Waals surface area contributed by atoms with Crippen molar-refractivity contribution in [1.29, 1.82) is 0 Å². The number of para-hydroxylation sites is 1. The van der Waals surface area contributed by atoms with E-state index < -0.39 is 0 Å². The lowest BCUT2D eigenvalue weighted by molar-refractivity contribution is 0.585. The Bertz CT molecular complexity index is 905. The van der Waals surface area contributed by atoms with Crippen LogP contribution in [0, 0.1) is 0 Å². The van der Waals surface area contributed by atoms with Crippen molar-refractivity contribution in [2.24, 2.45) is 0 Å². The Hall–Kier alpha value is -3.08. The van der Waals surface area contributed by atoms with E-state index in [-0.39, 0.29) is 0 Å². The van der Waals surface area contributed by atoms with Crippen molar-refractivity contribution in [3.63, 3.8) is 0 Å². The Kier molecular flexibility index (Phi) is 2.50. The lowest BCUT2D eigenvalue weighted by atomic mass is 10.2. The van der Waals surface area contributed by atoms with Gasteiger partial charge in [-0.2, -0.15) is 0 Å². The number of H-pyrrole nitrogens is 1. The fraction of sp³-hybridized carbons (Fsp3) is 0. The molecule has 3 N–H and O–H groups in total. The molecule has 0 saturated heterocycles. The van der Waals surface area contributed by atoms with Crippen LogP contribution in [-0.2, 0) is 0 Å². The normalized spacial score (nSPS) is 11.0. The van der Waals surface area contributed by atoms with E-state index in [1.165, 1.54) is 0 Å². The Labute approximate surface area is 120 Å². The standard InChI is InChI=1S/C16H12N4O/c17-11-7-5-10(6-8-11)15-19-20-16(21-15)13-9-18-14-4-2-1-3-12(13)14/h1-9,18H,17H2. The molecule has 0 spiro atoms. The van der Waals surface area contributed by atoms with Crippen LogP contribution < -0.4 is 5.73 Å². The molecule has 0 radical (unpaired) electrons. The van der Waals surface area contributed by atoms with Gasteiger partial charge in [-0.15, -0.1) is 10.2 Å². The molecule has 0 bridgehead atoms. The topological polar surface area (TPSA) is 80.7 Å². The van der Waals surface area contributed by atoms with Crippen molar-refractivity contribution in [3.8, 4) is 22.9 Å². The van der Waals surface area contributed by atoms with Gasteiger partial charge in [0.2, 0.25) is 11.8 Å². The number of nitrogens with zero attached hydrogens (tertiary/aromatic N) is 2. The van der Waals surface area contributed by atoms with Gasteiger partial charge in [0.25, 0.3) is 0 Å². The molecule has 0 aliphatic carbocycles. The molecule has 0 saturated carbocycles. The van der Waals surface area contributed by atoms with Crippen molar-refractivity contribution in [2.75, 3.05) is 5.73 Å². The second kappa shape index (κ2) is 4.49. The van der Waals surface area contributed by atoms with Crippen LogP contribution >= 0.6 is 0 Å². The highest BCUT2D eigenvalue weighted by molar-refractivity contribution is 5.93. The first-order valence-electron chi connectivity index (χ1n) is 6.57. The molecular weight excluding hydrogens is 264 g/mol. The molecule has 4 aromatic rings. The van der Waals surface area contributed by atoms with E-state index in [2.05, 4.69) is 15.2 Å². The maximum absolute atomic E-state index is 5.78. The predicted octanol–water partition coefficient (Wildman–Crippen LogP) is 3.47. The van der Waals surface area contributed by atoms with Crippen LogP contribution in [0.2, 0.25) is 0 Å². The molecule has 2 aromatic heterocycles. The van der Waals surface area contributed by atoms with Gasteiger partial charge in [0, 0.05) is 28.4 Å². The highest BCUT2D eigenvalue weighted by Crippen LogP contribution is 2.29. The molecule has 0 unspecified atom stereocenters. The third-order valence-electron chi connectivity index (χ3n) is 3.40. The number of hydrogen-bond donors (Lipinski definition) is 2. The molecule has 0 atom stereocenters. The fourth-order valence-corrected chi connectivity index (χ4v) is 2.32. The molecule has 2 aromatic carbocycles. The molecule has 0 aliphatic rings. The first kappa shape index (κ1) is 11.7. The Morgan fingerprint density at radius 2 is 1.67 bits per heavy atom. The quantitative estimate of drug-likeness (QED) is 0.549. The van der Waals surface area contributed by atoms with Gasteiger partial charge in [-0.25, -0.2) is 0 Å². The molecule has 102 valence electrons. The Morgan fingerprint density at radius 1 is 0.905 bits per heavy atom. The van der Waals surface area contributed by atoms with Gasteiger partial charge in [0.15, 0.2) is 0 Å². The monoisotopic (exact) mass is 276 g/mol. The summed E-state index contributed by atoms with van der Waals surface area (Å²) in [7, 11) is 0. The number of hydrogen-bond acceptors (Lipinski definition) is 4. The van der Waals surface area contributed by atoms with Gasteiger partial charge in [0.1, 0.15) is 0 Å². The number of nitrogens with two attached hydrogens (primary N) is 1. The number of rotatable bonds is 2. The minimum atomic E-state index is 0.482. The minimum Gasteiger partial charge on any atom is -0.416 e. The van der Waals surface area contributed by atoms with Crippen LogP contribution in [0.4, 0.5) is 5.69 Å². The zero-order valence-electron chi connectivity index (χ0n) is 11.1. The van der Waals surface area contributed by atoms with Crippen LogP contribution in [0.5, 0.6) is 0 Å². The van der Waals surface area contributed by atoms with Gasteiger partial charge in [0.05, 0.1) is 5.56 Å². The van der Waals surface area contributed by atoms with Crippen molar-refractivity contribution >= 4 is 16.6 Å². The van der Waals surface area contributed by atoms with Crippen LogP contribution in [0.3, 0.4) is 0 Å². The summed E-state index contributed by atoms with van der Waals surface area (Å²) in [5, 5.41) is 9.31. The number of aromatic amines is 1. The van der Waals surface area contributed by atoms with Gasteiger partial charge in [-0.05, 0) is 30.3 Å². The smallest absolute Gasteiger partial charge is 0.250 e. The number of aromatic nitrogens is 3. The highest BCUT2D eigenvalue weighted by atomic mass is 16.4. The minimum absolute atomic E-state index is 0.482. The summed E-state index contributed by atoms with van der Waals surface area (Å²) < 4.78 is 5.78. The summed E-state index contributed by atoms with van der Waals surface area (Å²) in [4.78, 5) is 3.20. The van der Waals surface area contributed by atoms with E-state index >= 15 is 0 Å². The number of anilines is 1. The second-order valence-corrected chi connectivity index (χ2v) is 4.78. The summed E-state index contributed by atoms with van der Waals surface area (Å²) in [6, 6.07) is 15.3. The van der Waals surface area contributed by atoms with Crippen LogP contribution in [0.15, 0.2) is 59.1 Å². The first-order chi connectivity index (χ1) is 10.3. The van der Waals surface area contributed by atoms with Gasteiger partial charge < -0.3 is 15.1 Å². The largest absolute Gasteiger partial charge is 0.416 e. The van der Waals surface area contributed by atoms with Crippen molar-refractivity contribution in [2.45, 2.75) is 0 Å². The number of nitrogens with one attached hydrogen (secondary N) is 1. The number of fused-ring (bicyclic) bond motifs is 1. The predicted molar refractivity (Wildman–Crippen MR) is 81.4 cm³/mol. The second-order valence-electron chi connectivity index (χ2n) is 4.78. The molecule has 0 aliphatic heterocycles. The summed E-state index contributed by atoms with van der Waals surface area (Å²) >= 11 is 0. The van der Waals surface area contributed by atoms with Crippen LogP contribution in [-0.4, -0.2) is 15.2 Å². The van der Waals surface area contributed by atoms with Gasteiger partial charge in [-0.1, -0.05) is 18.2 Å². The lowest BCUT2D eigenvalue weighted by Crippen LogP contribution is -1.83. The van der Waals surface area contributed by atoms with E-state index in [0.717, 1.165) is 22.0 Å². The van der Waals surface area contributed by atoms with Crippen molar-refractivity contribution in [3.05, 3.63) is 54.7 Å². The highest BCUT2D eigenvalue weighted by Gasteiger charge is 2.13. The Balaban J connectivity index is 1.79. The fourth-order valence-electron chi connectivity index (χ4n) is 2.32. The maximum atomic E-state index is 5.78. The molecule has 0 amide bonds. The van der Waals surface area contributed by atoms with E-state index in [9.17, 15) is 0 Å². The maximum Gasteiger partial charge on any atom is 0.250 e. The summed E-state index contributed by atoms with van der Waals surface area (Å²) in [5.41, 5.74) is 9.18. The van der Waals surface area contributed by atoms with E-state index in [0.29, 0.717) is 17.5 Å². The van der Waals surface area contributed by atoms with E-state index in [4.69, 9.17) is 10.2 Å². The molecule has 5 heteroatoms. The van der Waals surface area contributed by atoms with Crippen LogP contribution in [0.1, 0.15) is 0 Å². The first-order valence-corrected chi connectivity index (χ1v) is 6.57. The van der Waals surface area contributed by atoms with Gasteiger partial charge in [-0.3, -0.25) is 0 Å². The van der Waals surface area contributed by atoms with E-state index in [1.807, 2.05) is 54.7 Å². The van der Waals surface area contributed by atoms with Crippen LogP contribution in [0.25, 0.3) is 33.8 Å². The summed E-state index contributed by atoms with van der Waals surface area (Å²) in [5.74, 6) is 0.981. The zero-order chi connectivity index (χ0) is 14.2. The SMILES string of the molecule is Nc1ccc(-c2nnc(-c3c[nH]c4ccccc34)o2)cc1. The average Bonchev–Trinajstić information content (AvgIpc) is 3.14. The van der Waals surface area contributed by atoms with E-state index in [1.54, 1.807) is 0 Å². The number of nitrogen functional groups attached to an aromatic ring is 1. The van der Waals surface area contributed by atoms with Gasteiger partial charge >= 0.3 is 0 Å². The molecule has 2 heterocycles. The average molecular weight is 276 g/mol. The molecule has 4 rings (SSSR count). The third kappa shape index (κ3) is 1.95. The molecular formula is C16H12N4O. The number of benzene rings is 2. The summed E-state index contributed by atoms with van der Waals surface area (Å²) in [6.07, 6.45) is 1.88. The lowest BCUT2D eigenvalue weighted by Gasteiger charge is -1.95. The van der Waals surface area contributed by atoms with Crippen molar-refractivity contribution < 1.29 is 4.42 Å². The molecule has 5 nitrogen and oxygen atoms in total. The Morgan fingerprint density at radius 3 is 2.52 bits per heavy atom. The molecule has 21 heavy (non-hydrogen) atoms. The zero-order valence-corrected chi connectivity index (χ0v) is 11.1. The van der Waals surface area contributed by atoms with Crippen molar-refractivity contribution in [1.82, 2.24) is 15.2 Å². The summed E-state index contributed by atoms with van der Waals surface area (Å²) in [6.45, 7) is 0. The third-order valence-corrected chi connectivity index (χ3v) is 3.40. The molecule has 0 fully saturated rings.